The SMILES string of the molecule is c1nc(NCC2CN(c3cc4c(nn3)CCC4)C2)c2cc[nH]c2n1. The molecule has 5 rings (SSSR count). The zero-order valence-electron chi connectivity index (χ0n) is 13.4. The van der Waals surface area contributed by atoms with E-state index in [-0.39, 0.29) is 0 Å². The summed E-state index contributed by atoms with van der Waals surface area (Å²) in [5, 5.41) is 13.3. The van der Waals surface area contributed by atoms with Gasteiger partial charge in [0.05, 0.1) is 11.1 Å². The van der Waals surface area contributed by atoms with E-state index in [4.69, 9.17) is 0 Å². The van der Waals surface area contributed by atoms with Crippen molar-refractivity contribution in [1.29, 1.82) is 0 Å². The van der Waals surface area contributed by atoms with Crippen LogP contribution in [0.5, 0.6) is 0 Å². The van der Waals surface area contributed by atoms with Gasteiger partial charge in [0.1, 0.15) is 17.8 Å². The van der Waals surface area contributed by atoms with Crippen molar-refractivity contribution in [3.05, 3.63) is 35.9 Å². The van der Waals surface area contributed by atoms with Gasteiger partial charge in [0.2, 0.25) is 0 Å². The summed E-state index contributed by atoms with van der Waals surface area (Å²) < 4.78 is 0. The van der Waals surface area contributed by atoms with Crippen LogP contribution in [0.3, 0.4) is 0 Å². The van der Waals surface area contributed by atoms with Gasteiger partial charge in [-0.2, -0.15) is 5.10 Å². The Balaban J connectivity index is 1.21. The van der Waals surface area contributed by atoms with Crippen LogP contribution in [0, 0.1) is 5.92 Å². The van der Waals surface area contributed by atoms with E-state index in [1.54, 1.807) is 6.33 Å². The molecule has 0 bridgehead atoms. The first-order valence-electron chi connectivity index (χ1n) is 8.49. The third-order valence-electron chi connectivity index (χ3n) is 5.00. The Morgan fingerprint density at radius 2 is 2.17 bits per heavy atom. The minimum absolute atomic E-state index is 0.601. The Hall–Kier alpha value is -2.70. The summed E-state index contributed by atoms with van der Waals surface area (Å²) in [7, 11) is 0. The van der Waals surface area contributed by atoms with Crippen molar-refractivity contribution in [1.82, 2.24) is 25.1 Å². The molecular weight excluding hydrogens is 302 g/mol. The first-order valence-corrected chi connectivity index (χ1v) is 8.49. The molecule has 0 amide bonds. The summed E-state index contributed by atoms with van der Waals surface area (Å²) in [6.07, 6.45) is 6.93. The quantitative estimate of drug-likeness (QED) is 0.762. The van der Waals surface area contributed by atoms with Crippen LogP contribution >= 0.6 is 0 Å². The molecule has 3 aromatic heterocycles. The zero-order chi connectivity index (χ0) is 15.9. The molecule has 24 heavy (non-hydrogen) atoms. The molecule has 0 saturated carbocycles. The number of fused-ring (bicyclic) bond motifs is 2. The molecule has 4 heterocycles. The molecule has 2 aliphatic rings. The van der Waals surface area contributed by atoms with E-state index in [2.05, 4.69) is 41.4 Å². The highest BCUT2D eigenvalue weighted by atomic mass is 15.3. The molecule has 1 saturated heterocycles. The number of nitrogens with zero attached hydrogens (tertiary/aromatic N) is 5. The average molecular weight is 321 g/mol. The van der Waals surface area contributed by atoms with E-state index in [9.17, 15) is 0 Å². The number of aromatic amines is 1. The van der Waals surface area contributed by atoms with E-state index < -0.39 is 0 Å². The minimum atomic E-state index is 0.601. The maximum Gasteiger partial charge on any atom is 0.151 e. The predicted molar refractivity (Wildman–Crippen MR) is 92.1 cm³/mol. The monoisotopic (exact) mass is 321 g/mol. The normalized spacial score (nSPS) is 17.1. The molecule has 1 aliphatic heterocycles. The lowest BCUT2D eigenvalue weighted by atomic mass is 10.00. The molecule has 0 radical (unpaired) electrons. The van der Waals surface area contributed by atoms with Gasteiger partial charge in [-0.25, -0.2) is 9.97 Å². The molecule has 2 N–H and O–H groups in total. The summed E-state index contributed by atoms with van der Waals surface area (Å²) >= 11 is 0. The highest BCUT2D eigenvalue weighted by molar-refractivity contribution is 5.86. The Labute approximate surface area is 139 Å². The molecule has 122 valence electrons. The first-order chi connectivity index (χ1) is 11.9. The smallest absolute Gasteiger partial charge is 0.151 e. The topological polar surface area (TPSA) is 82.6 Å². The lowest BCUT2D eigenvalue weighted by molar-refractivity contribution is 0.425. The summed E-state index contributed by atoms with van der Waals surface area (Å²) in [6.45, 7) is 2.94. The Morgan fingerprint density at radius 3 is 3.12 bits per heavy atom. The molecule has 1 fully saturated rings. The summed E-state index contributed by atoms with van der Waals surface area (Å²) in [5.74, 6) is 2.53. The first kappa shape index (κ1) is 13.7. The number of hydrogen-bond acceptors (Lipinski definition) is 6. The fourth-order valence-electron chi connectivity index (χ4n) is 3.61. The molecule has 7 nitrogen and oxygen atoms in total. The third-order valence-corrected chi connectivity index (χ3v) is 5.00. The lowest BCUT2D eigenvalue weighted by Crippen LogP contribution is -2.50. The maximum absolute atomic E-state index is 4.39. The van der Waals surface area contributed by atoms with Gasteiger partial charge in [-0.3, -0.25) is 0 Å². The van der Waals surface area contributed by atoms with Crippen molar-refractivity contribution >= 4 is 22.7 Å². The number of aryl methyl sites for hydroxylation is 2. The second kappa shape index (κ2) is 5.43. The van der Waals surface area contributed by atoms with Crippen LogP contribution in [-0.2, 0) is 12.8 Å². The van der Waals surface area contributed by atoms with Crippen molar-refractivity contribution in [2.45, 2.75) is 19.3 Å². The largest absolute Gasteiger partial charge is 0.369 e. The summed E-state index contributed by atoms with van der Waals surface area (Å²) in [6, 6.07) is 4.23. The average Bonchev–Trinajstić information content (AvgIpc) is 3.22. The van der Waals surface area contributed by atoms with Crippen molar-refractivity contribution in [3.8, 4) is 0 Å². The third kappa shape index (κ3) is 2.28. The van der Waals surface area contributed by atoms with E-state index in [1.165, 1.54) is 17.7 Å². The number of hydrogen-bond donors (Lipinski definition) is 2. The molecule has 7 heteroatoms. The number of rotatable bonds is 4. The van der Waals surface area contributed by atoms with Crippen LogP contribution in [0.2, 0.25) is 0 Å². The standard InChI is InChI=1S/C17H19N7/c1-2-12-6-15(23-22-14(12)3-1)24-8-11(9-24)7-19-17-13-4-5-18-16(13)20-10-21-17/h4-6,10-11H,1-3,7-9H2,(H2,18,19,20,21). The predicted octanol–water partition coefficient (Wildman–Crippen LogP) is 1.78. The maximum atomic E-state index is 4.39. The van der Waals surface area contributed by atoms with E-state index in [0.717, 1.165) is 55.1 Å². The van der Waals surface area contributed by atoms with Gasteiger partial charge < -0.3 is 15.2 Å². The fourth-order valence-corrected chi connectivity index (χ4v) is 3.61. The van der Waals surface area contributed by atoms with Crippen LogP contribution in [0.25, 0.3) is 11.0 Å². The molecule has 0 unspecified atom stereocenters. The molecule has 0 atom stereocenters. The van der Waals surface area contributed by atoms with Gasteiger partial charge in [-0.05, 0) is 37.0 Å². The van der Waals surface area contributed by atoms with Gasteiger partial charge in [-0.1, -0.05) is 0 Å². The molecular formula is C17H19N7. The van der Waals surface area contributed by atoms with Gasteiger partial charge in [0.15, 0.2) is 5.82 Å². The zero-order valence-corrected chi connectivity index (χ0v) is 13.4. The molecule has 1 aliphatic carbocycles. The van der Waals surface area contributed by atoms with Gasteiger partial charge in [0, 0.05) is 31.7 Å². The van der Waals surface area contributed by atoms with Crippen LogP contribution in [-0.4, -0.2) is 44.8 Å². The second-order valence-corrected chi connectivity index (χ2v) is 6.64. The number of nitrogens with one attached hydrogen (secondary N) is 2. The van der Waals surface area contributed by atoms with E-state index >= 15 is 0 Å². The van der Waals surface area contributed by atoms with Crippen molar-refractivity contribution in [2.24, 2.45) is 5.92 Å². The Bertz CT molecular complexity index is 882. The number of H-pyrrole nitrogens is 1. The van der Waals surface area contributed by atoms with Crippen molar-refractivity contribution < 1.29 is 0 Å². The van der Waals surface area contributed by atoms with Gasteiger partial charge in [0.25, 0.3) is 0 Å². The van der Waals surface area contributed by atoms with Crippen LogP contribution in [0.15, 0.2) is 24.7 Å². The Morgan fingerprint density at radius 1 is 1.21 bits per heavy atom. The lowest BCUT2D eigenvalue weighted by Gasteiger charge is -2.40. The second-order valence-electron chi connectivity index (χ2n) is 6.64. The van der Waals surface area contributed by atoms with Crippen LogP contribution in [0.1, 0.15) is 17.7 Å². The van der Waals surface area contributed by atoms with Gasteiger partial charge >= 0.3 is 0 Å². The Kier molecular flexibility index (Phi) is 3.11. The highest BCUT2D eigenvalue weighted by Crippen LogP contribution is 2.27. The fraction of sp³-hybridized carbons (Fsp3) is 0.412. The van der Waals surface area contributed by atoms with E-state index in [0.29, 0.717) is 5.92 Å². The molecule has 3 aromatic rings. The summed E-state index contributed by atoms with van der Waals surface area (Å²) in [4.78, 5) is 14.0. The highest BCUT2D eigenvalue weighted by Gasteiger charge is 2.29. The number of anilines is 2. The van der Waals surface area contributed by atoms with Gasteiger partial charge in [-0.15, -0.1) is 5.10 Å². The van der Waals surface area contributed by atoms with Crippen molar-refractivity contribution in [2.75, 3.05) is 29.9 Å². The molecule has 0 aromatic carbocycles. The van der Waals surface area contributed by atoms with Crippen LogP contribution in [0.4, 0.5) is 11.6 Å². The summed E-state index contributed by atoms with van der Waals surface area (Å²) in [5.41, 5.74) is 3.45. The van der Waals surface area contributed by atoms with Crippen LogP contribution < -0.4 is 10.2 Å². The van der Waals surface area contributed by atoms with Crippen molar-refractivity contribution in [3.63, 3.8) is 0 Å². The van der Waals surface area contributed by atoms with E-state index in [1.807, 2.05) is 12.3 Å². The molecule has 0 spiro atoms. The number of aromatic nitrogens is 5. The minimum Gasteiger partial charge on any atom is -0.369 e.